The second kappa shape index (κ2) is 13.1. The SMILES string of the molecule is CCCC(C)NC(=O)C(c1cccc(C)c1)N(C(=O)C(CC(N)=O)NC(=O)OC(C)(C)C)C(C)C. The standard InChI is InChI=1S/C26H42N4O5/c1-9-11-18(5)28-23(32)22(19-13-10-12-17(4)14-19)30(16(2)3)24(33)20(15-21(27)31)29-25(34)35-26(6,7)8/h10,12-14,16,18,20,22H,9,11,15H2,1-8H3,(H2,27,31)(H,28,32)(H,29,34). The maximum Gasteiger partial charge on any atom is 0.408 e. The molecule has 196 valence electrons. The lowest BCUT2D eigenvalue weighted by atomic mass is 9.98. The maximum atomic E-state index is 13.8. The Morgan fingerprint density at radius 2 is 1.71 bits per heavy atom. The number of carbonyl (C=O) groups excluding carboxylic acids is 4. The van der Waals surface area contributed by atoms with Crippen LogP contribution >= 0.6 is 0 Å². The zero-order valence-electron chi connectivity index (χ0n) is 22.3. The van der Waals surface area contributed by atoms with Gasteiger partial charge in [0, 0.05) is 12.1 Å². The second-order valence-electron chi connectivity index (χ2n) is 10.2. The van der Waals surface area contributed by atoms with Crippen LogP contribution in [0.4, 0.5) is 4.79 Å². The molecule has 0 radical (unpaired) electrons. The smallest absolute Gasteiger partial charge is 0.408 e. The minimum Gasteiger partial charge on any atom is -0.444 e. The molecule has 0 aromatic heterocycles. The molecule has 0 aliphatic rings. The fourth-order valence-electron chi connectivity index (χ4n) is 3.82. The van der Waals surface area contributed by atoms with Gasteiger partial charge in [-0.25, -0.2) is 4.79 Å². The van der Waals surface area contributed by atoms with Gasteiger partial charge < -0.3 is 26.0 Å². The molecule has 3 unspecified atom stereocenters. The van der Waals surface area contributed by atoms with Gasteiger partial charge in [-0.3, -0.25) is 14.4 Å². The number of carbonyl (C=O) groups is 4. The van der Waals surface area contributed by atoms with Gasteiger partial charge in [0.15, 0.2) is 0 Å². The van der Waals surface area contributed by atoms with Crippen molar-refractivity contribution in [2.45, 2.75) is 104 Å². The maximum absolute atomic E-state index is 13.8. The zero-order chi connectivity index (χ0) is 26.9. The molecule has 1 rings (SSSR count). The lowest BCUT2D eigenvalue weighted by molar-refractivity contribution is -0.145. The highest BCUT2D eigenvalue weighted by Gasteiger charge is 2.38. The van der Waals surface area contributed by atoms with E-state index in [2.05, 4.69) is 10.6 Å². The number of nitrogens with one attached hydrogen (secondary N) is 2. The number of alkyl carbamates (subject to hydrolysis) is 1. The molecule has 4 N–H and O–H groups in total. The van der Waals surface area contributed by atoms with Gasteiger partial charge in [-0.2, -0.15) is 0 Å². The number of nitrogens with two attached hydrogens (primary N) is 1. The summed E-state index contributed by atoms with van der Waals surface area (Å²) in [6, 6.07) is 4.57. The summed E-state index contributed by atoms with van der Waals surface area (Å²) in [5.41, 5.74) is 6.15. The van der Waals surface area contributed by atoms with Crippen molar-refractivity contribution in [3.63, 3.8) is 0 Å². The number of rotatable bonds is 11. The van der Waals surface area contributed by atoms with Crippen molar-refractivity contribution < 1.29 is 23.9 Å². The van der Waals surface area contributed by atoms with Crippen molar-refractivity contribution in [2.24, 2.45) is 5.73 Å². The van der Waals surface area contributed by atoms with E-state index >= 15 is 0 Å². The van der Waals surface area contributed by atoms with Crippen LogP contribution in [0, 0.1) is 6.92 Å². The highest BCUT2D eigenvalue weighted by Crippen LogP contribution is 2.26. The van der Waals surface area contributed by atoms with Gasteiger partial charge in [-0.1, -0.05) is 43.2 Å². The summed E-state index contributed by atoms with van der Waals surface area (Å²) in [5, 5.41) is 5.48. The van der Waals surface area contributed by atoms with E-state index in [1.165, 1.54) is 4.90 Å². The monoisotopic (exact) mass is 490 g/mol. The number of primary amides is 1. The molecule has 0 heterocycles. The Morgan fingerprint density at radius 3 is 2.20 bits per heavy atom. The summed E-state index contributed by atoms with van der Waals surface area (Å²) in [5.74, 6) is -1.71. The fourth-order valence-corrected chi connectivity index (χ4v) is 3.82. The lowest BCUT2D eigenvalue weighted by Crippen LogP contribution is -2.56. The molecule has 35 heavy (non-hydrogen) atoms. The van der Waals surface area contributed by atoms with Crippen LogP contribution in [0.3, 0.4) is 0 Å². The number of benzene rings is 1. The molecule has 0 aliphatic heterocycles. The third kappa shape index (κ3) is 9.96. The molecule has 3 atom stereocenters. The fraction of sp³-hybridized carbons (Fsp3) is 0.615. The minimum atomic E-state index is -1.29. The first kappa shape index (κ1) is 29.9. The van der Waals surface area contributed by atoms with Crippen LogP contribution in [0.25, 0.3) is 0 Å². The number of amides is 4. The summed E-state index contributed by atoms with van der Waals surface area (Å²) in [6.07, 6.45) is 0.389. The molecule has 0 fully saturated rings. The van der Waals surface area contributed by atoms with E-state index in [1.54, 1.807) is 40.7 Å². The van der Waals surface area contributed by atoms with Crippen LogP contribution in [0.5, 0.6) is 0 Å². The summed E-state index contributed by atoms with van der Waals surface area (Å²) in [4.78, 5) is 53.0. The summed E-state index contributed by atoms with van der Waals surface area (Å²) in [6.45, 7) is 14.5. The molecule has 0 bridgehead atoms. The predicted molar refractivity (Wildman–Crippen MR) is 135 cm³/mol. The van der Waals surface area contributed by atoms with E-state index in [4.69, 9.17) is 10.5 Å². The topological polar surface area (TPSA) is 131 Å². The highest BCUT2D eigenvalue weighted by atomic mass is 16.6. The minimum absolute atomic E-state index is 0.0924. The molecule has 1 aromatic rings. The number of ether oxygens (including phenoxy) is 1. The van der Waals surface area contributed by atoms with Crippen molar-refractivity contribution in [1.82, 2.24) is 15.5 Å². The highest BCUT2D eigenvalue weighted by molar-refractivity contribution is 5.94. The quantitative estimate of drug-likeness (QED) is 0.438. The zero-order valence-corrected chi connectivity index (χ0v) is 22.3. The second-order valence-corrected chi connectivity index (χ2v) is 10.2. The Balaban J connectivity index is 3.46. The number of nitrogens with zero attached hydrogens (tertiary/aromatic N) is 1. The molecule has 1 aromatic carbocycles. The molecular weight excluding hydrogens is 448 g/mol. The first-order valence-electron chi connectivity index (χ1n) is 12.1. The Morgan fingerprint density at radius 1 is 1.09 bits per heavy atom. The Kier molecular flexibility index (Phi) is 11.2. The number of aryl methyl sites for hydroxylation is 1. The molecular formula is C26H42N4O5. The lowest BCUT2D eigenvalue weighted by Gasteiger charge is -2.37. The Bertz CT molecular complexity index is 894. The van der Waals surface area contributed by atoms with E-state index in [0.717, 1.165) is 18.4 Å². The van der Waals surface area contributed by atoms with E-state index < -0.39 is 48.1 Å². The summed E-state index contributed by atoms with van der Waals surface area (Å²) < 4.78 is 5.28. The third-order valence-electron chi connectivity index (χ3n) is 5.20. The third-order valence-corrected chi connectivity index (χ3v) is 5.20. The average molecular weight is 491 g/mol. The number of hydrogen-bond acceptors (Lipinski definition) is 5. The first-order chi connectivity index (χ1) is 16.2. The molecule has 0 aliphatic carbocycles. The first-order valence-corrected chi connectivity index (χ1v) is 12.1. The van der Waals surface area contributed by atoms with E-state index in [-0.39, 0.29) is 11.9 Å². The van der Waals surface area contributed by atoms with Gasteiger partial charge in [-0.15, -0.1) is 0 Å². The van der Waals surface area contributed by atoms with Crippen LogP contribution in [0.15, 0.2) is 24.3 Å². The predicted octanol–water partition coefficient (Wildman–Crippen LogP) is 3.35. The molecule has 4 amide bonds. The van der Waals surface area contributed by atoms with Gasteiger partial charge in [0.05, 0.1) is 6.42 Å². The Hall–Kier alpha value is -3.10. The van der Waals surface area contributed by atoms with E-state index in [1.807, 2.05) is 39.0 Å². The normalized spacial score (nSPS) is 14.0. The van der Waals surface area contributed by atoms with Gasteiger partial charge in [0.25, 0.3) is 0 Å². The largest absolute Gasteiger partial charge is 0.444 e. The average Bonchev–Trinajstić information content (AvgIpc) is 2.68. The van der Waals surface area contributed by atoms with Crippen LogP contribution < -0.4 is 16.4 Å². The summed E-state index contributed by atoms with van der Waals surface area (Å²) in [7, 11) is 0. The Labute approximate surface area is 209 Å². The van der Waals surface area contributed by atoms with Crippen LogP contribution in [-0.4, -0.2) is 52.4 Å². The van der Waals surface area contributed by atoms with Gasteiger partial charge >= 0.3 is 6.09 Å². The van der Waals surface area contributed by atoms with Crippen LogP contribution in [0.2, 0.25) is 0 Å². The molecule has 9 heteroatoms. The molecule has 0 saturated heterocycles. The van der Waals surface area contributed by atoms with Crippen LogP contribution in [-0.2, 0) is 19.1 Å². The van der Waals surface area contributed by atoms with Gasteiger partial charge in [-0.05, 0) is 60.5 Å². The van der Waals surface area contributed by atoms with Gasteiger partial charge in [0.2, 0.25) is 17.7 Å². The van der Waals surface area contributed by atoms with Crippen molar-refractivity contribution in [1.29, 1.82) is 0 Å². The van der Waals surface area contributed by atoms with Crippen molar-refractivity contribution in [2.75, 3.05) is 0 Å². The van der Waals surface area contributed by atoms with E-state index in [9.17, 15) is 19.2 Å². The van der Waals surface area contributed by atoms with Crippen molar-refractivity contribution in [3.05, 3.63) is 35.4 Å². The molecule has 0 spiro atoms. The van der Waals surface area contributed by atoms with E-state index in [0.29, 0.717) is 5.56 Å². The van der Waals surface area contributed by atoms with Crippen LogP contribution in [0.1, 0.15) is 84.9 Å². The molecule has 9 nitrogen and oxygen atoms in total. The van der Waals surface area contributed by atoms with Crippen molar-refractivity contribution in [3.8, 4) is 0 Å². The van der Waals surface area contributed by atoms with Crippen molar-refractivity contribution >= 4 is 23.8 Å². The number of hydrogen-bond donors (Lipinski definition) is 3. The summed E-state index contributed by atoms with van der Waals surface area (Å²) >= 11 is 0. The molecule has 0 saturated carbocycles. The van der Waals surface area contributed by atoms with Gasteiger partial charge in [0.1, 0.15) is 17.7 Å².